The fourth-order valence-electron chi connectivity index (χ4n) is 2.14. The Morgan fingerprint density at radius 2 is 2.16 bits per heavy atom. The van der Waals surface area contributed by atoms with Crippen LogP contribution in [-0.4, -0.2) is 47.9 Å². The number of benzene rings is 1. The van der Waals surface area contributed by atoms with Gasteiger partial charge in [-0.05, 0) is 28.6 Å². The molecule has 0 unspecified atom stereocenters. The maximum absolute atomic E-state index is 10.7. The van der Waals surface area contributed by atoms with Crippen LogP contribution in [0.4, 0.5) is 5.69 Å². The number of hydrogen-bond donors (Lipinski definition) is 1. The summed E-state index contributed by atoms with van der Waals surface area (Å²) >= 11 is 0. The number of ether oxygens (including phenoxy) is 1. The van der Waals surface area contributed by atoms with Crippen LogP contribution in [-0.2, 0) is 6.54 Å². The van der Waals surface area contributed by atoms with E-state index >= 15 is 0 Å². The molecular formula is C15H14N6O4. The zero-order chi connectivity index (χ0) is 17.6. The van der Waals surface area contributed by atoms with Crippen molar-refractivity contribution in [2.24, 2.45) is 0 Å². The summed E-state index contributed by atoms with van der Waals surface area (Å²) in [7, 11) is 0. The molecule has 128 valence electrons. The maximum atomic E-state index is 10.7. The van der Waals surface area contributed by atoms with Crippen molar-refractivity contribution < 1.29 is 14.8 Å². The quantitative estimate of drug-likeness (QED) is 0.499. The summed E-state index contributed by atoms with van der Waals surface area (Å²) in [6.07, 6.45) is 0.709. The summed E-state index contributed by atoms with van der Waals surface area (Å²) in [4.78, 5) is 14.4. The van der Waals surface area contributed by atoms with E-state index in [-0.39, 0.29) is 18.8 Å². The Labute approximate surface area is 141 Å². The van der Waals surface area contributed by atoms with E-state index in [0.717, 1.165) is 0 Å². The van der Waals surface area contributed by atoms with Gasteiger partial charge in [-0.1, -0.05) is 12.1 Å². The molecule has 0 amide bonds. The topological polar surface area (TPSA) is 129 Å². The number of hydrogen-bond acceptors (Lipinski definition) is 8. The number of nitrogens with zero attached hydrogens (tertiary/aromatic N) is 6. The second-order valence-corrected chi connectivity index (χ2v) is 5.12. The number of non-ortho nitro benzene ring substituents is 1. The van der Waals surface area contributed by atoms with E-state index in [9.17, 15) is 15.2 Å². The van der Waals surface area contributed by atoms with Gasteiger partial charge >= 0.3 is 0 Å². The fraction of sp³-hybridized carbons (Fsp3) is 0.200. The average molecular weight is 342 g/mol. The van der Waals surface area contributed by atoms with Crippen LogP contribution >= 0.6 is 0 Å². The van der Waals surface area contributed by atoms with Crippen LogP contribution in [0.15, 0.2) is 48.7 Å². The highest BCUT2D eigenvalue weighted by atomic mass is 16.6. The third-order valence-corrected chi connectivity index (χ3v) is 3.28. The number of nitro benzene ring substituents is 1. The van der Waals surface area contributed by atoms with E-state index < -0.39 is 11.0 Å². The highest BCUT2D eigenvalue weighted by Gasteiger charge is 2.15. The van der Waals surface area contributed by atoms with Gasteiger partial charge in [0.15, 0.2) is 0 Å². The molecule has 2 aromatic heterocycles. The molecule has 0 aliphatic carbocycles. The number of nitro groups is 1. The van der Waals surface area contributed by atoms with Gasteiger partial charge in [0.25, 0.3) is 5.69 Å². The van der Waals surface area contributed by atoms with Gasteiger partial charge in [0.2, 0.25) is 5.82 Å². The summed E-state index contributed by atoms with van der Waals surface area (Å²) in [5.74, 6) is 0.727. The van der Waals surface area contributed by atoms with Crippen molar-refractivity contribution in [2.75, 3.05) is 6.61 Å². The van der Waals surface area contributed by atoms with E-state index in [1.807, 2.05) is 6.07 Å². The van der Waals surface area contributed by atoms with E-state index in [1.54, 1.807) is 24.4 Å². The Hall–Kier alpha value is -3.40. The Morgan fingerprint density at radius 3 is 2.92 bits per heavy atom. The summed E-state index contributed by atoms with van der Waals surface area (Å²) in [5, 5.41) is 32.2. The van der Waals surface area contributed by atoms with Gasteiger partial charge in [0, 0.05) is 12.3 Å². The number of pyridine rings is 1. The highest BCUT2D eigenvalue weighted by Crippen LogP contribution is 2.19. The third kappa shape index (κ3) is 4.12. The lowest BCUT2D eigenvalue weighted by molar-refractivity contribution is -0.384. The molecule has 0 bridgehead atoms. The molecule has 0 aliphatic heterocycles. The molecule has 0 aliphatic rings. The van der Waals surface area contributed by atoms with Gasteiger partial charge < -0.3 is 9.84 Å². The first kappa shape index (κ1) is 16.5. The molecule has 1 aromatic carbocycles. The van der Waals surface area contributed by atoms with E-state index in [0.29, 0.717) is 17.3 Å². The molecule has 0 spiro atoms. The SMILES string of the molecule is O=[N+]([O-])c1cccc(OC[C@H](O)Cn2nnnc2-c2ccccn2)c1. The minimum atomic E-state index is -0.912. The fourth-order valence-corrected chi connectivity index (χ4v) is 2.14. The van der Waals surface area contributed by atoms with Gasteiger partial charge in [0.1, 0.15) is 24.2 Å². The van der Waals surface area contributed by atoms with Gasteiger partial charge in [-0.3, -0.25) is 15.1 Å². The van der Waals surface area contributed by atoms with Crippen LogP contribution in [0, 0.1) is 10.1 Å². The molecule has 1 atom stereocenters. The van der Waals surface area contributed by atoms with Crippen LogP contribution in [0.2, 0.25) is 0 Å². The Morgan fingerprint density at radius 1 is 1.28 bits per heavy atom. The normalized spacial score (nSPS) is 11.9. The molecule has 3 aromatic rings. The number of rotatable bonds is 7. The first-order chi connectivity index (χ1) is 12.1. The minimum absolute atomic E-state index is 0.0668. The highest BCUT2D eigenvalue weighted by molar-refractivity contribution is 5.47. The smallest absolute Gasteiger partial charge is 0.273 e. The van der Waals surface area contributed by atoms with E-state index in [2.05, 4.69) is 20.5 Å². The Balaban J connectivity index is 1.62. The molecule has 25 heavy (non-hydrogen) atoms. The summed E-state index contributed by atoms with van der Waals surface area (Å²) in [6.45, 7) is 0.0243. The molecule has 2 heterocycles. The maximum Gasteiger partial charge on any atom is 0.273 e. The lowest BCUT2D eigenvalue weighted by Crippen LogP contribution is -2.24. The zero-order valence-electron chi connectivity index (χ0n) is 13.0. The lowest BCUT2D eigenvalue weighted by atomic mass is 10.3. The first-order valence-electron chi connectivity index (χ1n) is 7.36. The second kappa shape index (κ2) is 7.45. The van der Waals surface area contributed by atoms with Crippen LogP contribution in [0.3, 0.4) is 0 Å². The van der Waals surface area contributed by atoms with Crippen LogP contribution in [0.25, 0.3) is 11.5 Å². The standard InChI is InChI=1S/C15H14N6O4/c22-12(10-25-13-5-3-4-11(8-13)21(23)24)9-20-15(17-18-19-20)14-6-1-2-7-16-14/h1-8,12,22H,9-10H2/t12-/m1/s1. The molecule has 10 heteroatoms. The van der Waals surface area contributed by atoms with Crippen molar-refractivity contribution in [1.82, 2.24) is 25.2 Å². The van der Waals surface area contributed by atoms with Gasteiger partial charge in [0.05, 0.1) is 17.5 Å². The summed E-state index contributed by atoms with van der Waals surface area (Å²) in [6, 6.07) is 11.1. The zero-order valence-corrected chi connectivity index (χ0v) is 13.0. The van der Waals surface area contributed by atoms with Gasteiger partial charge in [-0.2, -0.15) is 0 Å². The van der Waals surface area contributed by atoms with Crippen molar-refractivity contribution in [2.45, 2.75) is 12.6 Å². The molecule has 0 radical (unpaired) electrons. The minimum Gasteiger partial charge on any atom is -0.491 e. The molecule has 0 saturated carbocycles. The van der Waals surface area contributed by atoms with Crippen LogP contribution < -0.4 is 4.74 Å². The summed E-state index contributed by atoms with van der Waals surface area (Å²) < 4.78 is 6.82. The number of tetrazole rings is 1. The predicted molar refractivity (Wildman–Crippen MR) is 85.6 cm³/mol. The largest absolute Gasteiger partial charge is 0.491 e. The van der Waals surface area contributed by atoms with E-state index in [1.165, 1.54) is 22.9 Å². The molecule has 10 nitrogen and oxygen atoms in total. The molecule has 3 rings (SSSR count). The Kier molecular flexibility index (Phi) is 4.90. The third-order valence-electron chi connectivity index (χ3n) is 3.28. The first-order valence-corrected chi connectivity index (χ1v) is 7.36. The molecular weight excluding hydrogens is 328 g/mol. The number of aliphatic hydroxyl groups is 1. The Bertz CT molecular complexity index is 854. The van der Waals surface area contributed by atoms with Crippen LogP contribution in [0.1, 0.15) is 0 Å². The van der Waals surface area contributed by atoms with Gasteiger partial charge in [-0.15, -0.1) is 5.10 Å². The van der Waals surface area contributed by atoms with Crippen molar-refractivity contribution in [3.63, 3.8) is 0 Å². The number of aliphatic hydroxyl groups excluding tert-OH is 1. The monoisotopic (exact) mass is 342 g/mol. The predicted octanol–water partition coefficient (Wildman–Crippen LogP) is 1.08. The molecule has 0 fully saturated rings. The number of aromatic nitrogens is 5. The molecule has 1 N–H and O–H groups in total. The van der Waals surface area contributed by atoms with E-state index in [4.69, 9.17) is 4.74 Å². The van der Waals surface area contributed by atoms with Crippen molar-refractivity contribution >= 4 is 5.69 Å². The van der Waals surface area contributed by atoms with Crippen molar-refractivity contribution in [3.05, 3.63) is 58.8 Å². The van der Waals surface area contributed by atoms with Gasteiger partial charge in [-0.25, -0.2) is 4.68 Å². The van der Waals surface area contributed by atoms with Crippen molar-refractivity contribution in [3.8, 4) is 17.3 Å². The van der Waals surface area contributed by atoms with Crippen molar-refractivity contribution in [1.29, 1.82) is 0 Å². The summed E-state index contributed by atoms with van der Waals surface area (Å²) in [5.41, 5.74) is 0.504. The molecule has 0 saturated heterocycles. The lowest BCUT2D eigenvalue weighted by Gasteiger charge is -2.12. The van der Waals surface area contributed by atoms with Crippen LogP contribution in [0.5, 0.6) is 5.75 Å². The average Bonchev–Trinajstić information content (AvgIpc) is 3.09. The second-order valence-electron chi connectivity index (χ2n) is 5.12.